The highest BCUT2D eigenvalue weighted by Gasteiger charge is 2.17. The molecule has 0 fully saturated rings. The van der Waals surface area contributed by atoms with E-state index in [2.05, 4.69) is 26.6 Å². The summed E-state index contributed by atoms with van der Waals surface area (Å²) >= 11 is 3.09. The molecule has 3 N–H and O–H groups in total. The van der Waals surface area contributed by atoms with Gasteiger partial charge in [0.2, 0.25) is 0 Å². The van der Waals surface area contributed by atoms with Crippen LogP contribution in [0.1, 0.15) is 62.3 Å². The minimum Gasteiger partial charge on any atom is -0.508 e. The molecule has 0 bridgehead atoms. The minimum absolute atomic E-state index is 0.0252. The normalized spacial score (nSPS) is 11.4. The second-order valence-corrected chi connectivity index (χ2v) is 13.7. The fraction of sp³-hybridized carbons (Fsp3) is 0.444. The van der Waals surface area contributed by atoms with Crippen molar-refractivity contribution < 1.29 is 47.3 Å². The van der Waals surface area contributed by atoms with Crippen molar-refractivity contribution >= 4 is 39.9 Å². The number of nitrogens with one attached hydrogen (secondary N) is 2. The van der Waals surface area contributed by atoms with E-state index >= 15 is 0 Å². The SMILES string of the molecule is CC(C)(C)OC(=O)NC/C(=C/F)CBr.CN(C)C(=O)c1ccc(O)cc1.CN(C)C(=O)c1ccc(OC/C(=C\F)CNC(=O)OC(C)(C)C)cc1. The molecule has 0 spiro atoms. The molecule has 12 nitrogen and oxygen atoms in total. The van der Waals surface area contributed by atoms with Gasteiger partial charge in [-0.15, -0.1) is 0 Å². The Bertz CT molecular complexity index is 1450. The van der Waals surface area contributed by atoms with Crippen LogP contribution in [-0.2, 0) is 9.47 Å². The number of benzene rings is 2. The summed E-state index contributed by atoms with van der Waals surface area (Å²) in [6.45, 7) is 10.6. The van der Waals surface area contributed by atoms with Crippen LogP contribution in [0.3, 0.4) is 0 Å². The molecule has 0 heterocycles. The zero-order valence-corrected chi connectivity index (χ0v) is 32.5. The molecule has 2 aromatic carbocycles. The second-order valence-electron chi connectivity index (χ2n) is 13.1. The van der Waals surface area contributed by atoms with Crippen LogP contribution in [0, 0.1) is 0 Å². The number of hydrogen-bond donors (Lipinski definition) is 3. The molecule has 0 radical (unpaired) electrons. The lowest BCUT2D eigenvalue weighted by molar-refractivity contribution is 0.0520. The van der Waals surface area contributed by atoms with E-state index in [0.29, 0.717) is 40.4 Å². The Hall–Kier alpha value is -4.66. The van der Waals surface area contributed by atoms with Crippen LogP contribution >= 0.6 is 15.9 Å². The number of phenolic OH excluding ortho intramolecular Hbond substituents is 1. The second kappa shape index (κ2) is 22.9. The van der Waals surface area contributed by atoms with Gasteiger partial charge in [0.15, 0.2) is 0 Å². The molecule has 0 aromatic heterocycles. The Morgan fingerprint density at radius 3 is 1.41 bits per heavy atom. The molecular weight excluding hydrogens is 734 g/mol. The number of hydrogen-bond acceptors (Lipinski definition) is 8. The Morgan fingerprint density at radius 2 is 1.08 bits per heavy atom. The molecule has 0 saturated carbocycles. The molecule has 0 saturated heterocycles. The molecule has 0 aliphatic heterocycles. The number of carbonyl (C=O) groups excluding carboxylic acids is 4. The lowest BCUT2D eigenvalue weighted by atomic mass is 10.2. The number of halogens is 3. The van der Waals surface area contributed by atoms with Gasteiger partial charge in [-0.25, -0.2) is 18.4 Å². The van der Waals surface area contributed by atoms with E-state index in [9.17, 15) is 28.0 Å². The van der Waals surface area contributed by atoms with E-state index in [1.807, 2.05) is 0 Å². The van der Waals surface area contributed by atoms with Gasteiger partial charge in [-0.1, -0.05) is 15.9 Å². The molecular formula is C36H51BrF2N4O8. The highest BCUT2D eigenvalue weighted by Crippen LogP contribution is 2.15. The van der Waals surface area contributed by atoms with Crippen molar-refractivity contribution in [1.82, 2.24) is 20.4 Å². The monoisotopic (exact) mass is 784 g/mol. The zero-order valence-electron chi connectivity index (χ0n) is 30.9. The Labute approximate surface area is 307 Å². The number of phenols is 1. The summed E-state index contributed by atoms with van der Waals surface area (Å²) in [5.74, 6) is 0.490. The predicted molar refractivity (Wildman–Crippen MR) is 197 cm³/mol. The minimum atomic E-state index is -0.626. The maximum Gasteiger partial charge on any atom is 0.407 e. The summed E-state index contributed by atoms with van der Waals surface area (Å²) in [6, 6.07) is 12.7. The van der Waals surface area contributed by atoms with Crippen molar-refractivity contribution in [3.05, 3.63) is 83.5 Å². The molecule has 2 rings (SSSR count). The predicted octanol–water partition coefficient (Wildman–Crippen LogP) is 7.00. The number of alkyl halides is 1. The van der Waals surface area contributed by atoms with E-state index in [1.54, 1.807) is 106 Å². The number of amides is 4. The highest BCUT2D eigenvalue weighted by atomic mass is 79.9. The van der Waals surface area contributed by atoms with Gasteiger partial charge < -0.3 is 39.8 Å². The average Bonchev–Trinajstić information content (AvgIpc) is 3.04. The van der Waals surface area contributed by atoms with Gasteiger partial charge in [-0.3, -0.25) is 9.59 Å². The van der Waals surface area contributed by atoms with Crippen LogP contribution in [0.2, 0.25) is 0 Å². The Morgan fingerprint density at radius 1 is 0.706 bits per heavy atom. The molecule has 0 unspecified atom stereocenters. The van der Waals surface area contributed by atoms with Crippen molar-refractivity contribution in [2.24, 2.45) is 0 Å². The third-order valence-corrected chi connectivity index (χ3v) is 6.37. The van der Waals surface area contributed by atoms with Gasteiger partial charge in [-0.05, 0) is 95.6 Å². The van der Waals surface area contributed by atoms with Gasteiger partial charge >= 0.3 is 12.2 Å². The first-order valence-electron chi connectivity index (χ1n) is 15.6. The number of carbonyl (C=O) groups is 4. The highest BCUT2D eigenvalue weighted by molar-refractivity contribution is 9.09. The van der Waals surface area contributed by atoms with Crippen LogP contribution < -0.4 is 15.4 Å². The molecule has 284 valence electrons. The third kappa shape index (κ3) is 21.9. The molecule has 51 heavy (non-hydrogen) atoms. The van der Waals surface area contributed by atoms with Crippen molar-refractivity contribution in [3.63, 3.8) is 0 Å². The summed E-state index contributed by atoms with van der Waals surface area (Å²) in [6.07, 6.45) is -0.316. The lowest BCUT2D eigenvalue weighted by Crippen LogP contribution is -2.34. The van der Waals surface area contributed by atoms with Gasteiger partial charge in [0.1, 0.15) is 29.3 Å². The van der Waals surface area contributed by atoms with Crippen LogP contribution in [-0.4, -0.2) is 103 Å². The van der Waals surface area contributed by atoms with Crippen molar-refractivity contribution in [2.75, 3.05) is 53.2 Å². The lowest BCUT2D eigenvalue weighted by Gasteiger charge is -2.20. The maximum absolute atomic E-state index is 12.9. The molecule has 0 atom stereocenters. The summed E-state index contributed by atoms with van der Waals surface area (Å²) in [7, 11) is 6.72. The van der Waals surface area contributed by atoms with Crippen LogP contribution in [0.15, 0.2) is 72.3 Å². The first-order valence-corrected chi connectivity index (χ1v) is 16.8. The summed E-state index contributed by atoms with van der Waals surface area (Å²) in [5, 5.41) is 14.2. The molecule has 15 heteroatoms. The Balaban J connectivity index is 0.000000810. The number of alkyl carbamates (subject to hydrolysis) is 2. The summed E-state index contributed by atoms with van der Waals surface area (Å²) < 4.78 is 40.5. The standard InChI is InChI=1S/C18H25FN2O4.C9H15BrFNO2.C9H11NO2/c1-18(2,3)25-17(23)20-11-13(10-19)12-24-15-8-6-14(7-9-15)16(22)21(4)5;1-9(2,3)14-8(13)12-6-7(4-10)5-11;1-10(2)9(12)7-3-5-8(11)6-4-7/h6-10H,11-12H2,1-5H3,(H,20,23);5H,4,6H2,1-3H3,(H,12,13);3-6,11H,1-2H3/b13-10-;7-5+;. The molecule has 4 amide bonds. The fourth-order valence-electron chi connectivity index (χ4n) is 3.23. The van der Waals surface area contributed by atoms with Gasteiger partial charge in [-0.2, -0.15) is 0 Å². The van der Waals surface area contributed by atoms with E-state index in [-0.39, 0.29) is 42.8 Å². The topological polar surface area (TPSA) is 147 Å². The van der Waals surface area contributed by atoms with Crippen molar-refractivity contribution in [1.29, 1.82) is 0 Å². The van der Waals surface area contributed by atoms with E-state index in [1.165, 1.54) is 21.9 Å². The smallest absolute Gasteiger partial charge is 0.407 e. The van der Waals surface area contributed by atoms with Crippen molar-refractivity contribution in [3.8, 4) is 11.5 Å². The van der Waals surface area contributed by atoms with Gasteiger partial charge in [0.05, 0.1) is 12.7 Å². The molecule has 0 aliphatic rings. The van der Waals surface area contributed by atoms with Crippen molar-refractivity contribution in [2.45, 2.75) is 52.7 Å². The summed E-state index contributed by atoms with van der Waals surface area (Å²) in [5.41, 5.74) is 0.669. The number of ether oxygens (including phenoxy) is 3. The fourth-order valence-corrected chi connectivity index (χ4v) is 3.55. The maximum atomic E-state index is 12.9. The first kappa shape index (κ1) is 46.3. The molecule has 0 aliphatic carbocycles. The number of aromatic hydroxyl groups is 1. The quantitative estimate of drug-likeness (QED) is 0.219. The van der Waals surface area contributed by atoms with Gasteiger partial charge in [0, 0.05) is 63.3 Å². The van der Waals surface area contributed by atoms with E-state index in [0.717, 1.165) is 0 Å². The Kier molecular flexibility index (Phi) is 20.8. The van der Waals surface area contributed by atoms with Crippen LogP contribution in [0.5, 0.6) is 11.5 Å². The van der Waals surface area contributed by atoms with Crippen LogP contribution in [0.4, 0.5) is 18.4 Å². The summed E-state index contributed by atoms with van der Waals surface area (Å²) in [4.78, 5) is 48.7. The van der Waals surface area contributed by atoms with Crippen LogP contribution in [0.25, 0.3) is 0 Å². The first-order chi connectivity index (χ1) is 23.6. The van der Waals surface area contributed by atoms with E-state index < -0.39 is 23.4 Å². The third-order valence-electron chi connectivity index (χ3n) is 5.65. The largest absolute Gasteiger partial charge is 0.508 e. The average molecular weight is 786 g/mol. The van der Waals surface area contributed by atoms with Gasteiger partial charge in [0.25, 0.3) is 11.8 Å². The molecule has 2 aromatic rings. The number of rotatable bonds is 10. The van der Waals surface area contributed by atoms with E-state index in [4.69, 9.17) is 19.3 Å². The zero-order chi connectivity index (χ0) is 39.4. The number of nitrogens with zero attached hydrogens (tertiary/aromatic N) is 2.